The molecule has 0 atom stereocenters. The molecule has 0 aromatic carbocycles. The van der Waals surface area contributed by atoms with Gasteiger partial charge in [-0.3, -0.25) is 0 Å². The maximum atomic E-state index is 5.94. The topological polar surface area (TPSA) is 12.0 Å². The Balaban J connectivity index is 2.49. The lowest BCUT2D eigenvalue weighted by Gasteiger charge is -2.19. The van der Waals surface area contributed by atoms with Crippen molar-refractivity contribution in [2.24, 2.45) is 0 Å². The third-order valence-electron chi connectivity index (χ3n) is 1.47. The smallest absolute Gasteiger partial charge is 0.0558 e. The molecule has 0 saturated heterocycles. The predicted molar refractivity (Wildman–Crippen MR) is 55.9 cm³/mol. The number of nitrogens with one attached hydrogen (secondary N) is 1. The van der Waals surface area contributed by atoms with Crippen molar-refractivity contribution in [2.75, 3.05) is 0 Å². The Morgan fingerprint density at radius 3 is 2.58 bits per heavy atom. The van der Waals surface area contributed by atoms with Crippen molar-refractivity contribution in [3.8, 4) is 0 Å². The molecule has 0 aliphatic heterocycles. The molecular weight excluding hydrogens is 190 g/mol. The normalized spacial score (nSPS) is 12.0. The van der Waals surface area contributed by atoms with E-state index < -0.39 is 0 Å². The Hall–Kier alpha value is -0.0500. The SMILES string of the molecule is CC(C)(C)NCc1sccc1Cl. The maximum Gasteiger partial charge on any atom is 0.0558 e. The van der Waals surface area contributed by atoms with Gasteiger partial charge in [0.25, 0.3) is 0 Å². The van der Waals surface area contributed by atoms with Gasteiger partial charge in [-0.05, 0) is 32.2 Å². The van der Waals surface area contributed by atoms with Gasteiger partial charge in [-0.1, -0.05) is 11.6 Å². The fourth-order valence-electron chi connectivity index (χ4n) is 0.797. The van der Waals surface area contributed by atoms with E-state index in [4.69, 9.17) is 11.6 Å². The van der Waals surface area contributed by atoms with Crippen LogP contribution >= 0.6 is 22.9 Å². The number of halogens is 1. The Morgan fingerprint density at radius 2 is 2.17 bits per heavy atom. The molecule has 0 spiro atoms. The summed E-state index contributed by atoms with van der Waals surface area (Å²) in [5, 5.41) is 6.28. The second-order valence-electron chi connectivity index (χ2n) is 3.80. The van der Waals surface area contributed by atoms with E-state index in [1.165, 1.54) is 4.88 Å². The van der Waals surface area contributed by atoms with E-state index in [2.05, 4.69) is 26.1 Å². The van der Waals surface area contributed by atoms with Crippen LogP contribution in [0, 0.1) is 0 Å². The van der Waals surface area contributed by atoms with E-state index in [0.717, 1.165) is 11.6 Å². The first-order chi connectivity index (χ1) is 5.49. The molecule has 1 aromatic rings. The van der Waals surface area contributed by atoms with E-state index in [1.54, 1.807) is 11.3 Å². The average molecular weight is 204 g/mol. The monoisotopic (exact) mass is 203 g/mol. The molecule has 1 heterocycles. The summed E-state index contributed by atoms with van der Waals surface area (Å²) in [5.74, 6) is 0. The van der Waals surface area contributed by atoms with Gasteiger partial charge in [0.05, 0.1) is 5.02 Å². The number of hydrogen-bond acceptors (Lipinski definition) is 2. The van der Waals surface area contributed by atoms with Crippen LogP contribution < -0.4 is 5.32 Å². The van der Waals surface area contributed by atoms with Crippen molar-refractivity contribution >= 4 is 22.9 Å². The first-order valence-electron chi connectivity index (χ1n) is 3.96. The molecule has 1 N–H and O–H groups in total. The lowest BCUT2D eigenvalue weighted by atomic mass is 10.1. The molecule has 3 heteroatoms. The molecular formula is C9H14ClNS. The standard InChI is InChI=1S/C9H14ClNS/c1-9(2,3)11-6-8-7(10)4-5-12-8/h4-5,11H,6H2,1-3H3. The van der Waals surface area contributed by atoms with Crippen molar-refractivity contribution in [3.63, 3.8) is 0 Å². The Labute approximate surface area is 82.7 Å². The molecule has 68 valence electrons. The highest BCUT2D eigenvalue weighted by atomic mass is 35.5. The van der Waals surface area contributed by atoms with Crippen LogP contribution in [0.2, 0.25) is 5.02 Å². The zero-order chi connectivity index (χ0) is 9.19. The molecule has 0 amide bonds. The van der Waals surface area contributed by atoms with E-state index in [-0.39, 0.29) is 5.54 Å². The molecule has 1 rings (SSSR count). The van der Waals surface area contributed by atoms with Gasteiger partial charge in [-0.15, -0.1) is 11.3 Å². The minimum Gasteiger partial charge on any atom is -0.307 e. The van der Waals surface area contributed by atoms with E-state index in [9.17, 15) is 0 Å². The highest BCUT2D eigenvalue weighted by Crippen LogP contribution is 2.22. The number of thiophene rings is 1. The molecule has 0 saturated carbocycles. The molecule has 0 aliphatic carbocycles. The quantitative estimate of drug-likeness (QED) is 0.778. The summed E-state index contributed by atoms with van der Waals surface area (Å²) >= 11 is 7.63. The van der Waals surface area contributed by atoms with Crippen LogP contribution in [0.3, 0.4) is 0 Å². The fraction of sp³-hybridized carbons (Fsp3) is 0.556. The summed E-state index contributed by atoms with van der Waals surface area (Å²) in [7, 11) is 0. The molecule has 0 radical (unpaired) electrons. The van der Waals surface area contributed by atoms with Crippen LogP contribution in [0.15, 0.2) is 11.4 Å². The molecule has 0 bridgehead atoms. The summed E-state index contributed by atoms with van der Waals surface area (Å²) in [6.07, 6.45) is 0. The second kappa shape index (κ2) is 3.77. The van der Waals surface area contributed by atoms with E-state index in [0.29, 0.717) is 0 Å². The lowest BCUT2D eigenvalue weighted by Crippen LogP contribution is -2.34. The second-order valence-corrected chi connectivity index (χ2v) is 5.20. The van der Waals surface area contributed by atoms with E-state index >= 15 is 0 Å². The highest BCUT2D eigenvalue weighted by Gasteiger charge is 2.10. The van der Waals surface area contributed by atoms with Gasteiger partial charge < -0.3 is 5.32 Å². The summed E-state index contributed by atoms with van der Waals surface area (Å²) in [4.78, 5) is 1.21. The Kier molecular flexibility index (Phi) is 3.16. The van der Waals surface area contributed by atoms with Gasteiger partial charge >= 0.3 is 0 Å². The third kappa shape index (κ3) is 3.13. The third-order valence-corrected chi connectivity index (χ3v) is 2.86. The first-order valence-corrected chi connectivity index (χ1v) is 5.22. The highest BCUT2D eigenvalue weighted by molar-refractivity contribution is 7.10. The van der Waals surface area contributed by atoms with Crippen LogP contribution in [-0.4, -0.2) is 5.54 Å². The van der Waals surface area contributed by atoms with Crippen molar-refractivity contribution < 1.29 is 0 Å². The van der Waals surface area contributed by atoms with Crippen molar-refractivity contribution in [1.82, 2.24) is 5.32 Å². The molecule has 12 heavy (non-hydrogen) atoms. The van der Waals surface area contributed by atoms with Gasteiger partial charge in [-0.2, -0.15) is 0 Å². The van der Waals surface area contributed by atoms with Gasteiger partial charge in [-0.25, -0.2) is 0 Å². The van der Waals surface area contributed by atoms with Crippen LogP contribution in [0.4, 0.5) is 0 Å². The first kappa shape index (κ1) is 10.0. The fourth-order valence-corrected chi connectivity index (χ4v) is 1.84. The zero-order valence-corrected chi connectivity index (χ0v) is 9.22. The molecule has 0 fully saturated rings. The summed E-state index contributed by atoms with van der Waals surface area (Å²) in [5.41, 5.74) is 0.160. The van der Waals surface area contributed by atoms with E-state index in [1.807, 2.05) is 11.4 Å². The minimum absolute atomic E-state index is 0.160. The zero-order valence-electron chi connectivity index (χ0n) is 7.65. The van der Waals surface area contributed by atoms with Gasteiger partial charge in [0.15, 0.2) is 0 Å². The van der Waals surface area contributed by atoms with Crippen molar-refractivity contribution in [1.29, 1.82) is 0 Å². The molecule has 1 nitrogen and oxygen atoms in total. The molecule has 0 unspecified atom stereocenters. The summed E-state index contributed by atoms with van der Waals surface area (Å²) in [6.45, 7) is 7.30. The van der Waals surface area contributed by atoms with Crippen LogP contribution in [0.5, 0.6) is 0 Å². The number of rotatable bonds is 2. The molecule has 1 aromatic heterocycles. The Bertz CT molecular complexity index is 249. The van der Waals surface area contributed by atoms with Crippen LogP contribution in [-0.2, 0) is 6.54 Å². The minimum atomic E-state index is 0.160. The molecule has 0 aliphatic rings. The number of hydrogen-bond donors (Lipinski definition) is 1. The van der Waals surface area contributed by atoms with Crippen molar-refractivity contribution in [3.05, 3.63) is 21.3 Å². The van der Waals surface area contributed by atoms with Crippen LogP contribution in [0.25, 0.3) is 0 Å². The predicted octanol–water partition coefficient (Wildman–Crippen LogP) is 3.29. The average Bonchev–Trinajstić information content (AvgIpc) is 2.29. The van der Waals surface area contributed by atoms with Gasteiger partial charge in [0.2, 0.25) is 0 Å². The lowest BCUT2D eigenvalue weighted by molar-refractivity contribution is 0.426. The van der Waals surface area contributed by atoms with Gasteiger partial charge in [0, 0.05) is 17.0 Å². The largest absolute Gasteiger partial charge is 0.307 e. The maximum absolute atomic E-state index is 5.94. The van der Waals surface area contributed by atoms with Gasteiger partial charge in [0.1, 0.15) is 0 Å². The summed E-state index contributed by atoms with van der Waals surface area (Å²) < 4.78 is 0. The van der Waals surface area contributed by atoms with Crippen molar-refractivity contribution in [2.45, 2.75) is 32.9 Å². The summed E-state index contributed by atoms with van der Waals surface area (Å²) in [6, 6.07) is 1.94. The Morgan fingerprint density at radius 1 is 1.50 bits per heavy atom. The van der Waals surface area contributed by atoms with Crippen LogP contribution in [0.1, 0.15) is 25.6 Å².